The van der Waals surface area contributed by atoms with Crippen molar-refractivity contribution in [2.24, 2.45) is 16.8 Å². The maximum atomic E-state index is 4.93. The Morgan fingerprint density at radius 3 is 2.52 bits per heavy atom. The van der Waals surface area contributed by atoms with Crippen LogP contribution in [0.5, 0.6) is 0 Å². The average molecular weight is 463 g/mol. The number of hydrogen-bond donors (Lipinski definition) is 2. The third kappa shape index (κ3) is 5.96. The van der Waals surface area contributed by atoms with Crippen molar-refractivity contribution < 1.29 is 0 Å². The smallest absolute Gasteiger partial charge is 0.191 e. The third-order valence-corrected chi connectivity index (χ3v) is 5.93. The molecule has 5 nitrogen and oxygen atoms in total. The fourth-order valence-electron chi connectivity index (χ4n) is 4.11. The zero-order chi connectivity index (χ0) is 17.1. The van der Waals surface area contributed by atoms with E-state index in [2.05, 4.69) is 48.1 Å². The molecule has 0 aromatic rings. The Bertz CT molecular complexity index is 438. The first-order valence-electron chi connectivity index (χ1n) is 10.1. The molecule has 0 radical (unpaired) electrons. The second-order valence-electron chi connectivity index (χ2n) is 8.38. The van der Waals surface area contributed by atoms with Gasteiger partial charge in [-0.1, -0.05) is 6.92 Å². The predicted octanol–water partition coefficient (Wildman–Crippen LogP) is 2.37. The van der Waals surface area contributed by atoms with Crippen molar-refractivity contribution in [3.8, 4) is 0 Å². The molecule has 3 unspecified atom stereocenters. The molecule has 2 heterocycles. The van der Waals surface area contributed by atoms with Crippen molar-refractivity contribution in [2.75, 3.05) is 39.3 Å². The lowest BCUT2D eigenvalue weighted by Crippen LogP contribution is -2.47. The second-order valence-corrected chi connectivity index (χ2v) is 8.38. The van der Waals surface area contributed by atoms with Crippen LogP contribution < -0.4 is 10.6 Å². The molecule has 3 fully saturated rings. The maximum Gasteiger partial charge on any atom is 0.191 e. The van der Waals surface area contributed by atoms with Crippen LogP contribution in [0, 0.1) is 11.8 Å². The molecule has 2 saturated heterocycles. The summed E-state index contributed by atoms with van der Waals surface area (Å²) in [6.07, 6.45) is 4.17. The van der Waals surface area contributed by atoms with Gasteiger partial charge in [0.2, 0.25) is 0 Å². The third-order valence-electron chi connectivity index (χ3n) is 5.93. The Kier molecular flexibility index (Phi) is 8.27. The maximum absolute atomic E-state index is 4.93. The van der Waals surface area contributed by atoms with E-state index in [4.69, 9.17) is 4.99 Å². The lowest BCUT2D eigenvalue weighted by molar-refractivity contribution is 0.265. The van der Waals surface area contributed by atoms with Crippen molar-refractivity contribution in [3.05, 3.63) is 0 Å². The fraction of sp³-hybridized carbons (Fsp3) is 0.947. The van der Waals surface area contributed by atoms with E-state index in [1.807, 2.05) is 0 Å². The molecule has 3 aliphatic rings. The van der Waals surface area contributed by atoms with Crippen LogP contribution in [0.15, 0.2) is 4.99 Å². The SMILES string of the molecule is CCNC(=NCC1CCN(C2CC2)C1)NC1CN(C(C)C)CC1C.I. The van der Waals surface area contributed by atoms with Crippen molar-refractivity contribution in [1.82, 2.24) is 20.4 Å². The van der Waals surface area contributed by atoms with Crippen LogP contribution in [0.3, 0.4) is 0 Å². The van der Waals surface area contributed by atoms with Gasteiger partial charge >= 0.3 is 0 Å². The minimum absolute atomic E-state index is 0. The van der Waals surface area contributed by atoms with Crippen molar-refractivity contribution in [3.63, 3.8) is 0 Å². The number of aliphatic imine (C=N–C) groups is 1. The van der Waals surface area contributed by atoms with E-state index in [1.165, 1.54) is 38.9 Å². The molecule has 3 atom stereocenters. The Morgan fingerprint density at radius 1 is 1.16 bits per heavy atom. The first-order chi connectivity index (χ1) is 11.6. The molecule has 1 saturated carbocycles. The van der Waals surface area contributed by atoms with Gasteiger partial charge in [-0.2, -0.15) is 0 Å². The van der Waals surface area contributed by atoms with Gasteiger partial charge in [-0.05, 0) is 58.4 Å². The number of nitrogens with one attached hydrogen (secondary N) is 2. The predicted molar refractivity (Wildman–Crippen MR) is 117 cm³/mol. The zero-order valence-corrected chi connectivity index (χ0v) is 18.8. The molecule has 6 heteroatoms. The highest BCUT2D eigenvalue weighted by Crippen LogP contribution is 2.31. The summed E-state index contributed by atoms with van der Waals surface area (Å²) in [6.45, 7) is 15.9. The highest BCUT2D eigenvalue weighted by molar-refractivity contribution is 14.0. The van der Waals surface area contributed by atoms with Crippen LogP contribution in [-0.4, -0.2) is 73.2 Å². The summed E-state index contributed by atoms with van der Waals surface area (Å²) in [7, 11) is 0. The Labute approximate surface area is 171 Å². The number of guanidine groups is 1. The number of rotatable bonds is 6. The van der Waals surface area contributed by atoms with E-state index < -0.39 is 0 Å². The normalized spacial score (nSPS) is 31.4. The van der Waals surface area contributed by atoms with Crippen LogP contribution in [0.1, 0.15) is 47.0 Å². The van der Waals surface area contributed by atoms with E-state index in [1.54, 1.807) is 0 Å². The van der Waals surface area contributed by atoms with Gasteiger partial charge in [0, 0.05) is 50.8 Å². The van der Waals surface area contributed by atoms with E-state index in [0.717, 1.165) is 37.6 Å². The van der Waals surface area contributed by atoms with Gasteiger partial charge in [0.25, 0.3) is 0 Å². The van der Waals surface area contributed by atoms with Gasteiger partial charge in [-0.25, -0.2) is 0 Å². The minimum atomic E-state index is 0. The Hall–Kier alpha value is -0.0800. The highest BCUT2D eigenvalue weighted by atomic mass is 127. The van der Waals surface area contributed by atoms with Crippen molar-refractivity contribution >= 4 is 29.9 Å². The van der Waals surface area contributed by atoms with E-state index in [0.29, 0.717) is 18.0 Å². The lowest BCUT2D eigenvalue weighted by atomic mass is 10.1. The quantitative estimate of drug-likeness (QED) is 0.361. The molecule has 0 aromatic carbocycles. The van der Waals surface area contributed by atoms with Gasteiger partial charge < -0.3 is 15.5 Å². The molecule has 0 spiro atoms. The molecule has 0 aromatic heterocycles. The highest BCUT2D eigenvalue weighted by Gasteiger charge is 2.34. The van der Waals surface area contributed by atoms with Gasteiger partial charge in [-0.15, -0.1) is 24.0 Å². The summed E-state index contributed by atoms with van der Waals surface area (Å²) in [6, 6.07) is 2.05. The summed E-state index contributed by atoms with van der Waals surface area (Å²) < 4.78 is 0. The number of hydrogen-bond acceptors (Lipinski definition) is 3. The summed E-state index contributed by atoms with van der Waals surface area (Å²) in [4.78, 5) is 10.2. The average Bonchev–Trinajstić information content (AvgIpc) is 3.18. The summed E-state index contributed by atoms with van der Waals surface area (Å²) in [5.41, 5.74) is 0. The first-order valence-corrected chi connectivity index (χ1v) is 10.1. The molecule has 0 bridgehead atoms. The zero-order valence-electron chi connectivity index (χ0n) is 16.5. The minimum Gasteiger partial charge on any atom is -0.357 e. The molecular weight excluding hydrogens is 425 g/mol. The monoisotopic (exact) mass is 463 g/mol. The van der Waals surface area contributed by atoms with Crippen LogP contribution in [0.2, 0.25) is 0 Å². The second kappa shape index (κ2) is 9.74. The number of likely N-dealkylation sites (tertiary alicyclic amines) is 2. The molecule has 1 aliphatic carbocycles. The van der Waals surface area contributed by atoms with Gasteiger partial charge in [-0.3, -0.25) is 9.89 Å². The van der Waals surface area contributed by atoms with E-state index >= 15 is 0 Å². The Morgan fingerprint density at radius 2 is 1.92 bits per heavy atom. The number of halogens is 1. The molecule has 0 amide bonds. The molecule has 25 heavy (non-hydrogen) atoms. The molecule has 3 rings (SSSR count). The summed E-state index contributed by atoms with van der Waals surface area (Å²) >= 11 is 0. The number of nitrogens with zero attached hydrogens (tertiary/aromatic N) is 3. The summed E-state index contributed by atoms with van der Waals surface area (Å²) in [5.74, 6) is 2.44. The van der Waals surface area contributed by atoms with Gasteiger partial charge in [0.1, 0.15) is 0 Å². The molecular formula is C19H38IN5. The van der Waals surface area contributed by atoms with Crippen molar-refractivity contribution in [2.45, 2.75) is 65.1 Å². The van der Waals surface area contributed by atoms with Crippen molar-refractivity contribution in [1.29, 1.82) is 0 Å². The molecule has 2 aliphatic heterocycles. The largest absolute Gasteiger partial charge is 0.357 e. The van der Waals surface area contributed by atoms with Crippen LogP contribution in [0.25, 0.3) is 0 Å². The van der Waals surface area contributed by atoms with Crippen LogP contribution in [0.4, 0.5) is 0 Å². The topological polar surface area (TPSA) is 42.9 Å². The van der Waals surface area contributed by atoms with Crippen LogP contribution >= 0.6 is 24.0 Å². The fourth-order valence-corrected chi connectivity index (χ4v) is 4.11. The van der Waals surface area contributed by atoms with Gasteiger partial charge in [0.15, 0.2) is 5.96 Å². The van der Waals surface area contributed by atoms with E-state index in [-0.39, 0.29) is 24.0 Å². The summed E-state index contributed by atoms with van der Waals surface area (Å²) in [5, 5.41) is 7.16. The first kappa shape index (κ1) is 21.2. The van der Waals surface area contributed by atoms with Gasteiger partial charge in [0.05, 0.1) is 0 Å². The standard InChI is InChI=1S/C19H37N5.HI/c1-5-20-19(22-18-13-24(14(2)3)11-15(18)4)21-10-16-8-9-23(12-16)17-6-7-17;/h14-18H,5-13H2,1-4H3,(H2,20,21,22);1H. The Balaban J connectivity index is 0.00000225. The molecule has 2 N–H and O–H groups in total. The lowest BCUT2D eigenvalue weighted by Gasteiger charge is -2.22. The molecule has 146 valence electrons. The van der Waals surface area contributed by atoms with Crippen LogP contribution in [-0.2, 0) is 0 Å². The van der Waals surface area contributed by atoms with E-state index in [9.17, 15) is 0 Å².